The number of nitrogens with one attached hydrogen (secondary N) is 3. The Labute approximate surface area is 184 Å². The van der Waals surface area contributed by atoms with Crippen LogP contribution in [0.1, 0.15) is 11.1 Å². The summed E-state index contributed by atoms with van der Waals surface area (Å²) in [5.74, 6) is 0. The largest absolute Gasteiger partial charge is 0.334 e. The van der Waals surface area contributed by atoms with Crippen molar-refractivity contribution in [3.8, 4) is 0 Å². The van der Waals surface area contributed by atoms with Gasteiger partial charge in [0.2, 0.25) is 10.0 Å². The SMILES string of the molecule is O=C(NCc1ccncc1)Nc1ccc(S(=O)(=O)NCc2ccc(Cl)cc2Cl)cc1. The van der Waals surface area contributed by atoms with E-state index in [1.54, 1.807) is 42.7 Å². The average Bonchev–Trinajstić information content (AvgIpc) is 2.73. The summed E-state index contributed by atoms with van der Waals surface area (Å²) >= 11 is 11.9. The number of rotatable bonds is 7. The van der Waals surface area contributed by atoms with Gasteiger partial charge in [-0.3, -0.25) is 4.98 Å². The first kappa shape index (κ1) is 22.0. The number of benzene rings is 2. The van der Waals surface area contributed by atoms with Crippen LogP contribution in [-0.4, -0.2) is 19.4 Å². The molecule has 30 heavy (non-hydrogen) atoms. The quantitative estimate of drug-likeness (QED) is 0.487. The van der Waals surface area contributed by atoms with Gasteiger partial charge in [-0.2, -0.15) is 0 Å². The molecule has 156 valence electrons. The minimum atomic E-state index is -3.75. The number of aromatic nitrogens is 1. The van der Waals surface area contributed by atoms with Crippen LogP contribution in [0.15, 0.2) is 71.9 Å². The minimum absolute atomic E-state index is 0.0236. The van der Waals surface area contributed by atoms with Crippen LogP contribution in [0.25, 0.3) is 0 Å². The summed E-state index contributed by atoms with van der Waals surface area (Å²) in [6, 6.07) is 13.9. The Morgan fingerprint density at radius 1 is 0.933 bits per heavy atom. The Bertz CT molecular complexity index is 1120. The highest BCUT2D eigenvalue weighted by Gasteiger charge is 2.15. The molecule has 3 rings (SSSR count). The van der Waals surface area contributed by atoms with Gasteiger partial charge in [0, 0.05) is 41.2 Å². The molecule has 0 aliphatic heterocycles. The summed E-state index contributed by atoms with van der Waals surface area (Å²) in [5, 5.41) is 6.21. The number of hydrogen-bond acceptors (Lipinski definition) is 4. The molecule has 1 heterocycles. The van der Waals surface area contributed by atoms with Crippen LogP contribution in [0.3, 0.4) is 0 Å². The fraction of sp³-hybridized carbons (Fsp3) is 0.100. The molecular formula is C20H18Cl2N4O3S. The van der Waals surface area contributed by atoms with E-state index in [-0.39, 0.29) is 11.4 Å². The lowest BCUT2D eigenvalue weighted by atomic mass is 10.2. The summed E-state index contributed by atoms with van der Waals surface area (Å²) in [4.78, 5) is 16.0. The molecule has 10 heteroatoms. The molecule has 0 saturated carbocycles. The molecule has 0 bridgehead atoms. The molecule has 0 saturated heterocycles. The number of sulfonamides is 1. The number of nitrogens with zero attached hydrogens (tertiary/aromatic N) is 1. The second-order valence-electron chi connectivity index (χ2n) is 6.25. The summed E-state index contributed by atoms with van der Waals surface area (Å²) in [6.45, 7) is 0.369. The van der Waals surface area contributed by atoms with E-state index in [1.807, 2.05) is 0 Å². The molecule has 3 N–H and O–H groups in total. The van der Waals surface area contributed by atoms with E-state index in [9.17, 15) is 13.2 Å². The van der Waals surface area contributed by atoms with Crippen molar-refractivity contribution in [3.05, 3.63) is 88.2 Å². The van der Waals surface area contributed by atoms with Crippen LogP contribution in [0.2, 0.25) is 10.0 Å². The first-order valence-corrected chi connectivity index (χ1v) is 11.0. The van der Waals surface area contributed by atoms with Gasteiger partial charge in [-0.1, -0.05) is 29.3 Å². The highest BCUT2D eigenvalue weighted by atomic mass is 35.5. The van der Waals surface area contributed by atoms with Crippen LogP contribution in [0, 0.1) is 0 Å². The van der Waals surface area contributed by atoms with E-state index in [4.69, 9.17) is 23.2 Å². The van der Waals surface area contributed by atoms with Crippen LogP contribution < -0.4 is 15.4 Å². The molecular weight excluding hydrogens is 447 g/mol. The Kier molecular flexibility index (Phi) is 7.28. The summed E-state index contributed by atoms with van der Waals surface area (Å²) in [7, 11) is -3.75. The number of carbonyl (C=O) groups is 1. The van der Waals surface area contributed by atoms with Gasteiger partial charge in [0.25, 0.3) is 0 Å². The summed E-state index contributed by atoms with van der Waals surface area (Å²) in [6.07, 6.45) is 3.28. The highest BCUT2D eigenvalue weighted by Crippen LogP contribution is 2.21. The lowest BCUT2D eigenvalue weighted by Gasteiger charge is -2.10. The standard InChI is InChI=1S/C20H18Cl2N4O3S/c21-16-2-1-15(19(22)11-16)13-25-30(28,29)18-5-3-17(4-6-18)26-20(27)24-12-14-7-9-23-10-8-14/h1-11,25H,12-13H2,(H2,24,26,27). The maximum absolute atomic E-state index is 12.5. The molecule has 0 aliphatic carbocycles. The van der Waals surface area contributed by atoms with Crippen LogP contribution in [0.5, 0.6) is 0 Å². The number of urea groups is 1. The topological polar surface area (TPSA) is 100 Å². The van der Waals surface area contributed by atoms with Gasteiger partial charge in [-0.05, 0) is 59.7 Å². The third-order valence-electron chi connectivity index (χ3n) is 4.09. The van der Waals surface area contributed by atoms with Gasteiger partial charge >= 0.3 is 6.03 Å². The van der Waals surface area contributed by atoms with Crippen LogP contribution in [-0.2, 0) is 23.1 Å². The van der Waals surface area contributed by atoms with Gasteiger partial charge in [-0.15, -0.1) is 0 Å². The number of halogens is 2. The summed E-state index contributed by atoms with van der Waals surface area (Å²) in [5.41, 5.74) is 1.98. The van der Waals surface area contributed by atoms with Gasteiger partial charge in [0.05, 0.1) is 4.90 Å². The number of carbonyl (C=O) groups excluding carboxylic acids is 1. The first-order chi connectivity index (χ1) is 14.3. The second-order valence-corrected chi connectivity index (χ2v) is 8.86. The van der Waals surface area contributed by atoms with Gasteiger partial charge in [0.1, 0.15) is 0 Å². The molecule has 0 aliphatic rings. The summed E-state index contributed by atoms with van der Waals surface area (Å²) < 4.78 is 27.5. The molecule has 3 aromatic rings. The molecule has 0 spiro atoms. The third kappa shape index (κ3) is 6.17. The van der Waals surface area contributed by atoms with Gasteiger partial charge in [0.15, 0.2) is 0 Å². The second kappa shape index (κ2) is 9.90. The van der Waals surface area contributed by atoms with Crippen LogP contribution >= 0.6 is 23.2 Å². The molecule has 0 fully saturated rings. The first-order valence-electron chi connectivity index (χ1n) is 8.81. The maximum Gasteiger partial charge on any atom is 0.319 e. The van der Waals surface area contributed by atoms with E-state index in [0.29, 0.717) is 27.8 Å². The number of amides is 2. The predicted octanol–water partition coefficient (Wildman–Crippen LogP) is 4.19. The Morgan fingerprint density at radius 3 is 2.30 bits per heavy atom. The fourth-order valence-electron chi connectivity index (χ4n) is 2.50. The van der Waals surface area contributed by atoms with Crippen molar-refractivity contribution in [2.24, 2.45) is 0 Å². The third-order valence-corrected chi connectivity index (χ3v) is 6.10. The van der Waals surface area contributed by atoms with Crippen molar-refractivity contribution >= 4 is 44.9 Å². The predicted molar refractivity (Wildman–Crippen MR) is 117 cm³/mol. The molecule has 0 atom stereocenters. The number of anilines is 1. The zero-order valence-corrected chi connectivity index (χ0v) is 17.9. The van der Waals surface area contributed by atoms with E-state index in [2.05, 4.69) is 20.3 Å². The molecule has 2 aromatic carbocycles. The van der Waals surface area contributed by atoms with Crippen molar-refractivity contribution in [2.75, 3.05) is 5.32 Å². The molecule has 2 amide bonds. The van der Waals surface area contributed by atoms with Crippen molar-refractivity contribution in [1.82, 2.24) is 15.0 Å². The lowest BCUT2D eigenvalue weighted by molar-refractivity contribution is 0.251. The molecule has 0 radical (unpaired) electrons. The van der Waals surface area contributed by atoms with Crippen molar-refractivity contribution < 1.29 is 13.2 Å². The highest BCUT2D eigenvalue weighted by molar-refractivity contribution is 7.89. The van der Waals surface area contributed by atoms with E-state index in [0.717, 1.165) is 5.56 Å². The van der Waals surface area contributed by atoms with Gasteiger partial charge in [-0.25, -0.2) is 17.9 Å². The maximum atomic E-state index is 12.5. The van der Waals surface area contributed by atoms with Crippen molar-refractivity contribution in [3.63, 3.8) is 0 Å². The van der Waals surface area contributed by atoms with Crippen molar-refractivity contribution in [2.45, 2.75) is 18.0 Å². The molecule has 1 aromatic heterocycles. The number of hydrogen-bond donors (Lipinski definition) is 3. The zero-order chi connectivity index (χ0) is 21.6. The van der Waals surface area contributed by atoms with E-state index < -0.39 is 16.1 Å². The fourth-order valence-corrected chi connectivity index (χ4v) is 3.98. The Balaban J connectivity index is 1.56. The number of pyridine rings is 1. The molecule has 0 unspecified atom stereocenters. The minimum Gasteiger partial charge on any atom is -0.334 e. The van der Waals surface area contributed by atoms with Crippen molar-refractivity contribution in [1.29, 1.82) is 0 Å². The Hall–Kier alpha value is -2.65. The average molecular weight is 465 g/mol. The van der Waals surface area contributed by atoms with Gasteiger partial charge < -0.3 is 10.6 Å². The lowest BCUT2D eigenvalue weighted by Crippen LogP contribution is -2.28. The zero-order valence-electron chi connectivity index (χ0n) is 15.6. The molecule has 7 nitrogen and oxygen atoms in total. The smallest absolute Gasteiger partial charge is 0.319 e. The Morgan fingerprint density at radius 2 is 1.63 bits per heavy atom. The van der Waals surface area contributed by atoms with Crippen LogP contribution in [0.4, 0.5) is 10.5 Å². The monoisotopic (exact) mass is 464 g/mol. The van der Waals surface area contributed by atoms with E-state index in [1.165, 1.54) is 24.3 Å². The normalized spacial score (nSPS) is 11.1. The van der Waals surface area contributed by atoms with E-state index >= 15 is 0 Å².